The van der Waals surface area contributed by atoms with Gasteiger partial charge in [0.15, 0.2) is 23.0 Å². The highest BCUT2D eigenvalue weighted by Crippen LogP contribution is 2.26. The number of carbonyl (C=O) groups excluding carboxylic acids is 1. The van der Waals surface area contributed by atoms with Crippen molar-refractivity contribution in [3.8, 4) is 11.5 Å². The number of likely N-dealkylation sites (tertiary alicyclic amines) is 1. The Morgan fingerprint density at radius 3 is 2.88 bits per heavy atom. The molecule has 1 aliphatic heterocycles. The predicted octanol–water partition coefficient (Wildman–Crippen LogP) is 2.51. The molecule has 1 atom stereocenters. The van der Waals surface area contributed by atoms with Crippen molar-refractivity contribution in [2.45, 2.75) is 25.6 Å². The molecule has 1 aromatic carbocycles. The Hall–Kier alpha value is -2.54. The predicted molar refractivity (Wildman–Crippen MR) is 89.8 cm³/mol. The highest BCUT2D eigenvalue weighted by molar-refractivity contribution is 5.92. The number of piperidine rings is 1. The molecular formula is C18H22N2O5. The Morgan fingerprint density at radius 2 is 2.12 bits per heavy atom. The number of nitrogens with zero attached hydrogens (tertiary/aromatic N) is 2. The Labute approximate surface area is 146 Å². The fourth-order valence-electron chi connectivity index (χ4n) is 2.85. The van der Waals surface area contributed by atoms with E-state index in [1.54, 1.807) is 31.3 Å². The summed E-state index contributed by atoms with van der Waals surface area (Å²) >= 11 is 0. The largest absolute Gasteiger partial charge is 0.493 e. The highest BCUT2D eigenvalue weighted by Gasteiger charge is 2.26. The van der Waals surface area contributed by atoms with Gasteiger partial charge in [0.2, 0.25) is 0 Å². The number of methoxy groups -OCH3 is 2. The maximum atomic E-state index is 12.5. The van der Waals surface area contributed by atoms with Crippen LogP contribution in [-0.2, 0) is 11.3 Å². The summed E-state index contributed by atoms with van der Waals surface area (Å²) in [4.78, 5) is 14.3. The van der Waals surface area contributed by atoms with Crippen LogP contribution in [0.4, 0.5) is 0 Å². The number of hydrogen-bond donors (Lipinski definition) is 0. The van der Waals surface area contributed by atoms with E-state index in [1.807, 2.05) is 18.2 Å². The van der Waals surface area contributed by atoms with Gasteiger partial charge in [-0.15, -0.1) is 0 Å². The molecule has 0 saturated carbocycles. The molecule has 3 rings (SSSR count). The summed E-state index contributed by atoms with van der Waals surface area (Å²) in [7, 11) is 3.25. The number of amides is 1. The second-order valence-electron chi connectivity index (χ2n) is 5.87. The molecule has 1 saturated heterocycles. The zero-order valence-corrected chi connectivity index (χ0v) is 14.4. The molecule has 0 radical (unpaired) electrons. The number of benzene rings is 1. The summed E-state index contributed by atoms with van der Waals surface area (Å²) in [5.74, 6) is 1.58. The molecule has 25 heavy (non-hydrogen) atoms. The average Bonchev–Trinajstić information content (AvgIpc) is 3.15. The standard InChI is InChI=1S/C18H22N2O5/c1-22-13-6-5-9-20(11-13)18(21)15-10-14(25-19-15)12-24-17-8-4-3-7-16(17)23-2/h3-4,7-8,10,13H,5-6,9,11-12H2,1-2H3. The average molecular weight is 346 g/mol. The van der Waals surface area contributed by atoms with Crippen LogP contribution in [0.1, 0.15) is 29.1 Å². The Kier molecular flexibility index (Phi) is 5.55. The van der Waals surface area contributed by atoms with Crippen molar-refractivity contribution in [1.82, 2.24) is 10.1 Å². The maximum absolute atomic E-state index is 12.5. The van der Waals surface area contributed by atoms with E-state index >= 15 is 0 Å². The Morgan fingerprint density at radius 1 is 1.32 bits per heavy atom. The van der Waals surface area contributed by atoms with Gasteiger partial charge >= 0.3 is 0 Å². The van der Waals surface area contributed by atoms with E-state index in [0.717, 1.165) is 12.8 Å². The third kappa shape index (κ3) is 4.11. The Bertz CT molecular complexity index is 715. The molecule has 1 aliphatic rings. The topological polar surface area (TPSA) is 74.0 Å². The summed E-state index contributed by atoms with van der Waals surface area (Å²) in [5, 5.41) is 3.88. The van der Waals surface area contributed by atoms with Crippen LogP contribution in [0.15, 0.2) is 34.9 Å². The fourth-order valence-corrected chi connectivity index (χ4v) is 2.85. The molecule has 7 nitrogen and oxygen atoms in total. The minimum Gasteiger partial charge on any atom is -0.493 e. The lowest BCUT2D eigenvalue weighted by Crippen LogP contribution is -2.43. The molecule has 7 heteroatoms. The molecule has 0 aliphatic carbocycles. The number of rotatable bonds is 6. The summed E-state index contributed by atoms with van der Waals surface area (Å²) in [5.41, 5.74) is 0.287. The van der Waals surface area contributed by atoms with Crippen molar-refractivity contribution < 1.29 is 23.5 Å². The van der Waals surface area contributed by atoms with Gasteiger partial charge < -0.3 is 23.6 Å². The van der Waals surface area contributed by atoms with Crippen molar-refractivity contribution in [2.75, 3.05) is 27.3 Å². The van der Waals surface area contributed by atoms with Crippen molar-refractivity contribution in [1.29, 1.82) is 0 Å². The van der Waals surface area contributed by atoms with Gasteiger partial charge in [-0.25, -0.2) is 0 Å². The van der Waals surface area contributed by atoms with Crippen LogP contribution < -0.4 is 9.47 Å². The number of ether oxygens (including phenoxy) is 3. The SMILES string of the molecule is COc1ccccc1OCc1cc(C(=O)N2CCCC(OC)C2)no1. The van der Waals surface area contributed by atoms with Crippen LogP contribution in [0.2, 0.25) is 0 Å². The normalized spacial score (nSPS) is 17.4. The van der Waals surface area contributed by atoms with E-state index in [4.69, 9.17) is 18.7 Å². The first kappa shape index (κ1) is 17.3. The number of carbonyl (C=O) groups is 1. The van der Waals surface area contributed by atoms with Gasteiger partial charge in [-0.2, -0.15) is 0 Å². The van der Waals surface area contributed by atoms with Crippen molar-refractivity contribution in [2.24, 2.45) is 0 Å². The van der Waals surface area contributed by atoms with Crippen LogP contribution in [0, 0.1) is 0 Å². The van der Waals surface area contributed by atoms with E-state index in [9.17, 15) is 4.79 Å². The van der Waals surface area contributed by atoms with Gasteiger partial charge in [0.25, 0.3) is 5.91 Å². The van der Waals surface area contributed by atoms with Gasteiger partial charge in [-0.1, -0.05) is 17.3 Å². The van der Waals surface area contributed by atoms with E-state index in [0.29, 0.717) is 30.3 Å². The minimum absolute atomic E-state index is 0.0814. The molecule has 134 valence electrons. The summed E-state index contributed by atoms with van der Waals surface area (Å²) in [6.07, 6.45) is 1.97. The number of hydrogen-bond acceptors (Lipinski definition) is 6. The summed E-state index contributed by atoms with van der Waals surface area (Å²) < 4.78 is 21.5. The van der Waals surface area contributed by atoms with Crippen LogP contribution >= 0.6 is 0 Å². The van der Waals surface area contributed by atoms with Crippen LogP contribution in [0.25, 0.3) is 0 Å². The van der Waals surface area contributed by atoms with Crippen molar-refractivity contribution in [3.63, 3.8) is 0 Å². The number of aromatic nitrogens is 1. The third-order valence-electron chi connectivity index (χ3n) is 4.22. The second-order valence-corrected chi connectivity index (χ2v) is 5.87. The van der Waals surface area contributed by atoms with Gasteiger partial charge in [-0.05, 0) is 25.0 Å². The fraction of sp³-hybridized carbons (Fsp3) is 0.444. The maximum Gasteiger partial charge on any atom is 0.276 e. The van der Waals surface area contributed by atoms with Crippen molar-refractivity contribution in [3.05, 3.63) is 41.8 Å². The lowest BCUT2D eigenvalue weighted by atomic mass is 10.1. The first-order valence-electron chi connectivity index (χ1n) is 8.24. The molecule has 2 aromatic rings. The molecule has 1 aromatic heterocycles. The first-order valence-corrected chi connectivity index (χ1v) is 8.24. The molecule has 1 fully saturated rings. The summed E-state index contributed by atoms with van der Waals surface area (Å²) in [6, 6.07) is 8.96. The molecule has 1 unspecified atom stereocenters. The smallest absolute Gasteiger partial charge is 0.276 e. The van der Waals surface area contributed by atoms with Gasteiger partial charge in [-0.3, -0.25) is 4.79 Å². The second kappa shape index (κ2) is 8.02. The quantitative estimate of drug-likeness (QED) is 0.800. The lowest BCUT2D eigenvalue weighted by Gasteiger charge is -2.31. The van der Waals surface area contributed by atoms with Crippen LogP contribution in [0.3, 0.4) is 0 Å². The van der Waals surface area contributed by atoms with E-state index in [1.165, 1.54) is 0 Å². The molecule has 0 bridgehead atoms. The van der Waals surface area contributed by atoms with Gasteiger partial charge in [0.1, 0.15) is 6.61 Å². The van der Waals surface area contributed by atoms with Crippen LogP contribution in [-0.4, -0.2) is 49.4 Å². The highest BCUT2D eigenvalue weighted by atomic mass is 16.5. The third-order valence-corrected chi connectivity index (χ3v) is 4.22. The van der Waals surface area contributed by atoms with Crippen LogP contribution in [0.5, 0.6) is 11.5 Å². The Balaban J connectivity index is 1.61. The molecule has 1 amide bonds. The van der Waals surface area contributed by atoms with E-state index in [2.05, 4.69) is 5.16 Å². The zero-order valence-electron chi connectivity index (χ0n) is 14.4. The monoisotopic (exact) mass is 346 g/mol. The van der Waals surface area contributed by atoms with Gasteiger partial charge in [0.05, 0.1) is 13.2 Å². The minimum atomic E-state index is -0.144. The lowest BCUT2D eigenvalue weighted by molar-refractivity contribution is 0.0263. The van der Waals surface area contributed by atoms with Gasteiger partial charge in [0, 0.05) is 26.3 Å². The van der Waals surface area contributed by atoms with E-state index < -0.39 is 0 Å². The first-order chi connectivity index (χ1) is 12.2. The molecular weight excluding hydrogens is 324 g/mol. The summed E-state index contributed by atoms with van der Waals surface area (Å²) in [6.45, 7) is 1.45. The molecule has 0 N–H and O–H groups in total. The van der Waals surface area contributed by atoms with Crippen molar-refractivity contribution >= 4 is 5.91 Å². The molecule has 2 heterocycles. The van der Waals surface area contributed by atoms with E-state index in [-0.39, 0.29) is 24.3 Å². The number of para-hydroxylation sites is 2. The molecule has 0 spiro atoms. The zero-order chi connectivity index (χ0) is 17.6.